The Hall–Kier alpha value is -2.12. The van der Waals surface area contributed by atoms with Gasteiger partial charge in [0.15, 0.2) is 5.76 Å². The van der Waals surface area contributed by atoms with Gasteiger partial charge in [0.05, 0.1) is 40.2 Å². The predicted molar refractivity (Wildman–Crippen MR) is 96.8 cm³/mol. The summed E-state index contributed by atoms with van der Waals surface area (Å²) in [5.41, 5.74) is 1.25. The summed E-state index contributed by atoms with van der Waals surface area (Å²) in [6, 6.07) is 5.06. The predicted octanol–water partition coefficient (Wildman–Crippen LogP) is 2.41. The maximum atomic E-state index is 12.4. The van der Waals surface area contributed by atoms with Crippen LogP contribution in [0.3, 0.4) is 0 Å². The summed E-state index contributed by atoms with van der Waals surface area (Å²) in [6.07, 6.45) is 1.47. The van der Waals surface area contributed by atoms with Crippen molar-refractivity contribution >= 4 is 23.2 Å². The van der Waals surface area contributed by atoms with Gasteiger partial charge in [-0.25, -0.2) is 0 Å². The largest absolute Gasteiger partial charge is 0.481 e. The number of thiophene rings is 1. The quantitative estimate of drug-likeness (QED) is 0.669. The average molecular weight is 365 g/mol. The molecule has 1 atom stereocenters. The van der Waals surface area contributed by atoms with Crippen LogP contribution < -0.4 is 5.32 Å². The molecule has 1 amide bonds. The normalized spacial score (nSPS) is 12.8. The second-order valence-corrected chi connectivity index (χ2v) is 7.92. The van der Waals surface area contributed by atoms with Gasteiger partial charge in [0.2, 0.25) is 0 Å². The number of likely N-dealkylation sites (N-methyl/N-ethyl adjacent to an activating group) is 1. The molecular formula is C18H25N2O4S+. The van der Waals surface area contributed by atoms with Crippen LogP contribution in [-0.2, 0) is 17.6 Å². The molecule has 0 aromatic carbocycles. The first-order valence-corrected chi connectivity index (χ1v) is 9.10. The molecule has 2 N–H and O–H groups in total. The third-order valence-corrected chi connectivity index (χ3v) is 4.38. The smallest absolute Gasteiger partial charge is 0.305 e. The molecule has 2 rings (SSSR count). The first-order valence-electron chi connectivity index (χ1n) is 8.16. The van der Waals surface area contributed by atoms with Gasteiger partial charge < -0.3 is 19.3 Å². The van der Waals surface area contributed by atoms with Crippen molar-refractivity contribution < 1.29 is 23.6 Å². The fourth-order valence-corrected chi connectivity index (χ4v) is 3.33. The summed E-state index contributed by atoms with van der Waals surface area (Å²) in [7, 11) is 5.86. The van der Waals surface area contributed by atoms with E-state index >= 15 is 0 Å². The molecule has 7 heteroatoms. The van der Waals surface area contributed by atoms with Crippen LogP contribution in [0, 0.1) is 0 Å². The molecule has 25 heavy (non-hydrogen) atoms. The van der Waals surface area contributed by atoms with Crippen molar-refractivity contribution in [3.63, 3.8) is 0 Å². The van der Waals surface area contributed by atoms with Crippen LogP contribution in [0.1, 0.15) is 28.3 Å². The van der Waals surface area contributed by atoms with Gasteiger partial charge in [-0.05, 0) is 40.9 Å². The number of nitrogens with zero attached hydrogens (tertiary/aromatic N) is 1. The van der Waals surface area contributed by atoms with Gasteiger partial charge in [-0.1, -0.05) is 0 Å². The van der Waals surface area contributed by atoms with Crippen molar-refractivity contribution in [2.75, 3.05) is 27.7 Å². The number of carboxylic acid groups (broad SMARTS) is 1. The van der Waals surface area contributed by atoms with E-state index in [0.29, 0.717) is 11.0 Å². The lowest BCUT2D eigenvalue weighted by Crippen LogP contribution is -2.49. The number of amides is 1. The van der Waals surface area contributed by atoms with Crippen LogP contribution in [0.5, 0.6) is 0 Å². The number of carboxylic acids is 1. The number of rotatable bonds is 9. The molecule has 0 saturated carbocycles. The number of aliphatic carboxylic acids is 1. The number of hydrogen-bond donors (Lipinski definition) is 2. The first kappa shape index (κ1) is 19.2. The van der Waals surface area contributed by atoms with Gasteiger partial charge in [-0.2, -0.15) is 11.3 Å². The first-order chi connectivity index (χ1) is 11.7. The van der Waals surface area contributed by atoms with E-state index in [1.165, 1.54) is 5.56 Å². The van der Waals surface area contributed by atoms with E-state index in [1.54, 1.807) is 23.5 Å². The SMILES string of the molecule is C[N+](C)(C)C[C@@H](CC(=O)O)NC(=O)c1ccc(CCc2ccsc2)o1. The summed E-state index contributed by atoms with van der Waals surface area (Å²) in [5, 5.41) is 16.0. The number of carbonyl (C=O) groups is 2. The molecule has 0 fully saturated rings. The van der Waals surface area contributed by atoms with Crippen molar-refractivity contribution in [2.45, 2.75) is 25.3 Å². The molecule has 136 valence electrons. The van der Waals surface area contributed by atoms with Crippen LogP contribution in [0.2, 0.25) is 0 Å². The fraction of sp³-hybridized carbons (Fsp3) is 0.444. The Morgan fingerprint density at radius 1 is 1.24 bits per heavy atom. The van der Waals surface area contributed by atoms with E-state index in [-0.39, 0.29) is 18.1 Å². The van der Waals surface area contributed by atoms with Gasteiger partial charge in [0.1, 0.15) is 5.76 Å². The Morgan fingerprint density at radius 2 is 2.00 bits per heavy atom. The summed E-state index contributed by atoms with van der Waals surface area (Å²) < 4.78 is 6.18. The highest BCUT2D eigenvalue weighted by Crippen LogP contribution is 2.14. The van der Waals surface area contributed by atoms with E-state index in [1.807, 2.05) is 26.5 Å². The van der Waals surface area contributed by atoms with Crippen molar-refractivity contribution in [1.82, 2.24) is 5.32 Å². The molecule has 0 saturated heterocycles. The van der Waals surface area contributed by atoms with Crippen molar-refractivity contribution in [3.8, 4) is 0 Å². The van der Waals surface area contributed by atoms with Crippen LogP contribution in [0.15, 0.2) is 33.4 Å². The van der Waals surface area contributed by atoms with Crippen LogP contribution >= 0.6 is 11.3 Å². The minimum Gasteiger partial charge on any atom is -0.481 e. The second kappa shape index (κ2) is 8.31. The van der Waals surface area contributed by atoms with Gasteiger partial charge in [-0.15, -0.1) is 0 Å². The molecule has 0 unspecified atom stereocenters. The standard InChI is InChI=1S/C18H24N2O4S/c1-20(2,3)11-14(10-17(21)22)19-18(23)16-7-6-15(24-16)5-4-13-8-9-25-12-13/h6-9,12,14H,4-5,10-11H2,1-3H3,(H-,19,21,22,23)/p+1/t14-/m1/s1. The molecule has 0 aliphatic heterocycles. The molecular weight excluding hydrogens is 340 g/mol. The molecule has 0 aliphatic rings. The van der Waals surface area contributed by atoms with Crippen molar-refractivity contribution in [3.05, 3.63) is 46.0 Å². The zero-order valence-corrected chi connectivity index (χ0v) is 15.6. The van der Waals surface area contributed by atoms with Gasteiger partial charge in [0, 0.05) is 6.42 Å². The lowest BCUT2D eigenvalue weighted by atomic mass is 10.1. The number of nitrogens with one attached hydrogen (secondary N) is 1. The number of carbonyl (C=O) groups excluding carboxylic acids is 1. The maximum Gasteiger partial charge on any atom is 0.305 e. The molecule has 0 aliphatic carbocycles. The number of quaternary nitrogens is 1. The molecule has 2 aromatic rings. The zero-order valence-electron chi connectivity index (χ0n) is 14.8. The van der Waals surface area contributed by atoms with E-state index in [4.69, 9.17) is 9.52 Å². The Bertz CT molecular complexity index is 701. The molecule has 6 nitrogen and oxygen atoms in total. The highest BCUT2D eigenvalue weighted by Gasteiger charge is 2.24. The lowest BCUT2D eigenvalue weighted by Gasteiger charge is -2.28. The van der Waals surface area contributed by atoms with Gasteiger partial charge in [-0.3, -0.25) is 9.59 Å². The summed E-state index contributed by atoms with van der Waals surface area (Å²) in [5.74, 6) is -0.342. The monoisotopic (exact) mass is 365 g/mol. The fourth-order valence-electron chi connectivity index (χ4n) is 2.63. The molecule has 0 radical (unpaired) electrons. The molecule has 2 heterocycles. The topological polar surface area (TPSA) is 79.5 Å². The van der Waals surface area contributed by atoms with E-state index in [9.17, 15) is 9.59 Å². The van der Waals surface area contributed by atoms with Crippen LogP contribution in [-0.4, -0.2) is 55.2 Å². The molecule has 0 bridgehead atoms. The second-order valence-electron chi connectivity index (χ2n) is 7.14. The minimum absolute atomic E-state index is 0.118. The average Bonchev–Trinajstić information content (AvgIpc) is 3.14. The Morgan fingerprint density at radius 3 is 2.60 bits per heavy atom. The minimum atomic E-state index is -0.936. The summed E-state index contributed by atoms with van der Waals surface area (Å²) in [4.78, 5) is 23.4. The Labute approximate surface area is 151 Å². The van der Waals surface area contributed by atoms with Crippen LogP contribution in [0.25, 0.3) is 0 Å². The van der Waals surface area contributed by atoms with Crippen LogP contribution in [0.4, 0.5) is 0 Å². The number of furan rings is 1. The highest BCUT2D eigenvalue weighted by molar-refractivity contribution is 7.07. The van der Waals surface area contributed by atoms with E-state index in [0.717, 1.165) is 18.6 Å². The van der Waals surface area contributed by atoms with E-state index in [2.05, 4.69) is 16.8 Å². The third kappa shape index (κ3) is 6.72. The van der Waals surface area contributed by atoms with E-state index < -0.39 is 12.0 Å². The Balaban J connectivity index is 1.95. The number of hydrogen-bond acceptors (Lipinski definition) is 4. The lowest BCUT2D eigenvalue weighted by molar-refractivity contribution is -0.871. The van der Waals surface area contributed by atoms with Crippen molar-refractivity contribution in [1.29, 1.82) is 0 Å². The molecule has 0 spiro atoms. The maximum absolute atomic E-state index is 12.4. The Kier molecular flexibility index (Phi) is 6.39. The summed E-state index contributed by atoms with van der Waals surface area (Å²) in [6.45, 7) is 0.518. The van der Waals surface area contributed by atoms with Gasteiger partial charge >= 0.3 is 5.97 Å². The zero-order chi connectivity index (χ0) is 18.4. The van der Waals surface area contributed by atoms with Gasteiger partial charge in [0.25, 0.3) is 5.91 Å². The number of aryl methyl sites for hydroxylation is 2. The third-order valence-electron chi connectivity index (χ3n) is 3.65. The highest BCUT2D eigenvalue weighted by atomic mass is 32.1. The molecule has 2 aromatic heterocycles. The van der Waals surface area contributed by atoms with Crippen molar-refractivity contribution in [2.24, 2.45) is 0 Å². The summed E-state index contributed by atoms with van der Waals surface area (Å²) >= 11 is 1.66.